The van der Waals surface area contributed by atoms with Gasteiger partial charge in [-0.15, -0.1) is 0 Å². The van der Waals surface area contributed by atoms with Crippen molar-refractivity contribution in [3.05, 3.63) is 65.0 Å². The molecule has 0 heterocycles. The average Bonchev–Trinajstić information content (AvgIpc) is 2.61. The number of benzene rings is 2. The summed E-state index contributed by atoms with van der Waals surface area (Å²) in [7, 11) is 0. The zero-order valence-electron chi connectivity index (χ0n) is 15.1. The molecular formula is C21H25FN2O2. The molecule has 4 nitrogen and oxygen atoms in total. The maximum absolute atomic E-state index is 13.0. The molecule has 0 saturated carbocycles. The van der Waals surface area contributed by atoms with E-state index in [2.05, 4.69) is 5.32 Å². The minimum Gasteiger partial charge on any atom is -0.398 e. The fourth-order valence-corrected chi connectivity index (χ4v) is 2.66. The van der Waals surface area contributed by atoms with Crippen molar-refractivity contribution in [1.29, 1.82) is 0 Å². The van der Waals surface area contributed by atoms with Crippen molar-refractivity contribution in [3.8, 4) is 0 Å². The van der Waals surface area contributed by atoms with Gasteiger partial charge in [-0.25, -0.2) is 4.39 Å². The molecule has 0 aromatic heterocycles. The largest absolute Gasteiger partial charge is 0.398 e. The monoisotopic (exact) mass is 356 g/mol. The van der Waals surface area contributed by atoms with Crippen molar-refractivity contribution in [2.45, 2.75) is 39.0 Å². The van der Waals surface area contributed by atoms with Gasteiger partial charge in [0.15, 0.2) is 0 Å². The predicted molar refractivity (Wildman–Crippen MR) is 102 cm³/mol. The van der Waals surface area contributed by atoms with Gasteiger partial charge in [0.05, 0.1) is 0 Å². The van der Waals surface area contributed by atoms with E-state index in [1.54, 1.807) is 6.07 Å². The van der Waals surface area contributed by atoms with Crippen LogP contribution in [-0.4, -0.2) is 18.2 Å². The molecule has 3 N–H and O–H groups in total. The molecule has 0 unspecified atom stereocenters. The second-order valence-electron chi connectivity index (χ2n) is 6.49. The number of hydrogen-bond acceptors (Lipinski definition) is 3. The van der Waals surface area contributed by atoms with E-state index in [1.807, 2.05) is 31.2 Å². The highest BCUT2D eigenvalue weighted by atomic mass is 19.1. The van der Waals surface area contributed by atoms with Crippen LogP contribution < -0.4 is 11.1 Å². The Bertz CT molecular complexity index is 757. The molecule has 2 aromatic carbocycles. The number of carbonyl (C=O) groups excluding carboxylic acids is 2. The van der Waals surface area contributed by atoms with Crippen LogP contribution in [0.5, 0.6) is 0 Å². The number of aryl methyl sites for hydroxylation is 1. The lowest BCUT2D eigenvalue weighted by Crippen LogP contribution is -2.24. The van der Waals surface area contributed by atoms with Gasteiger partial charge in [0.1, 0.15) is 11.6 Å². The topological polar surface area (TPSA) is 72.2 Å². The van der Waals surface area contributed by atoms with Crippen LogP contribution in [-0.2, 0) is 11.2 Å². The van der Waals surface area contributed by atoms with Crippen LogP contribution in [0, 0.1) is 12.7 Å². The van der Waals surface area contributed by atoms with Crippen molar-refractivity contribution in [2.75, 3.05) is 12.3 Å². The molecule has 1 amide bonds. The molecule has 0 aliphatic heterocycles. The number of amides is 1. The third-order valence-corrected chi connectivity index (χ3v) is 4.23. The van der Waals surface area contributed by atoms with Gasteiger partial charge in [-0.1, -0.05) is 30.2 Å². The highest BCUT2D eigenvalue weighted by Crippen LogP contribution is 2.15. The molecule has 0 fully saturated rings. The second kappa shape index (κ2) is 9.70. The van der Waals surface area contributed by atoms with Gasteiger partial charge in [0, 0.05) is 30.6 Å². The summed E-state index contributed by atoms with van der Waals surface area (Å²) in [4.78, 5) is 23.9. The zero-order chi connectivity index (χ0) is 18.9. The maximum atomic E-state index is 13.0. The number of anilines is 1. The molecular weight excluding hydrogens is 331 g/mol. The first-order valence-electron chi connectivity index (χ1n) is 8.86. The highest BCUT2D eigenvalue weighted by molar-refractivity contribution is 5.94. The van der Waals surface area contributed by atoms with E-state index in [9.17, 15) is 14.0 Å². The standard InChI is InChI=1S/C21H25FN2O2/c1-15-6-8-16(9-7-15)21(26)24-12-4-2-3-5-19(25)13-17-10-11-18(22)14-20(17)23/h6-11,14H,2-5,12-13,23H2,1H3,(H,24,26). The lowest BCUT2D eigenvalue weighted by Gasteiger charge is -2.07. The molecule has 2 aromatic rings. The average molecular weight is 356 g/mol. The molecule has 0 spiro atoms. The summed E-state index contributed by atoms with van der Waals surface area (Å²) in [6.45, 7) is 2.57. The summed E-state index contributed by atoms with van der Waals surface area (Å²) >= 11 is 0. The van der Waals surface area contributed by atoms with Crippen LogP contribution in [0.2, 0.25) is 0 Å². The molecule has 26 heavy (non-hydrogen) atoms. The number of carbonyl (C=O) groups is 2. The number of ketones is 1. The van der Waals surface area contributed by atoms with E-state index < -0.39 is 5.82 Å². The normalized spacial score (nSPS) is 10.5. The van der Waals surface area contributed by atoms with Gasteiger partial charge >= 0.3 is 0 Å². The van der Waals surface area contributed by atoms with Gasteiger partial charge in [0.2, 0.25) is 0 Å². The van der Waals surface area contributed by atoms with Crippen LogP contribution in [0.15, 0.2) is 42.5 Å². The molecule has 0 aliphatic carbocycles. The number of halogens is 1. The number of nitrogens with one attached hydrogen (secondary N) is 1. The van der Waals surface area contributed by atoms with Crippen LogP contribution in [0.4, 0.5) is 10.1 Å². The Labute approximate surface area is 153 Å². The third kappa shape index (κ3) is 6.31. The maximum Gasteiger partial charge on any atom is 0.251 e. The first-order chi connectivity index (χ1) is 12.5. The van der Waals surface area contributed by atoms with Crippen molar-refractivity contribution >= 4 is 17.4 Å². The lowest BCUT2D eigenvalue weighted by atomic mass is 10.0. The molecule has 138 valence electrons. The molecule has 0 atom stereocenters. The summed E-state index contributed by atoms with van der Waals surface area (Å²) in [5.74, 6) is -0.383. The second-order valence-corrected chi connectivity index (χ2v) is 6.49. The van der Waals surface area contributed by atoms with Gasteiger partial charge < -0.3 is 11.1 Å². The first kappa shape index (κ1) is 19.6. The molecule has 0 radical (unpaired) electrons. The van der Waals surface area contributed by atoms with Crippen molar-refractivity contribution < 1.29 is 14.0 Å². The molecule has 5 heteroatoms. The number of rotatable bonds is 9. The number of Topliss-reactive ketones (excluding diaryl/α,β-unsaturated/α-hetero) is 1. The minimum absolute atomic E-state index is 0.0761. The Morgan fingerprint density at radius 3 is 2.46 bits per heavy atom. The Hall–Kier alpha value is -2.69. The Balaban J connectivity index is 1.60. The van der Waals surface area contributed by atoms with Gasteiger partial charge in [0.25, 0.3) is 5.91 Å². The molecule has 0 bridgehead atoms. The highest BCUT2D eigenvalue weighted by Gasteiger charge is 2.08. The Kier molecular flexibility index (Phi) is 7.33. The van der Waals surface area contributed by atoms with Crippen molar-refractivity contribution in [1.82, 2.24) is 5.32 Å². The predicted octanol–water partition coefficient (Wildman–Crippen LogP) is 3.82. The minimum atomic E-state index is -0.397. The van der Waals surface area contributed by atoms with E-state index in [0.29, 0.717) is 29.8 Å². The molecule has 0 saturated heterocycles. The van der Waals surface area contributed by atoms with E-state index in [1.165, 1.54) is 12.1 Å². The van der Waals surface area contributed by atoms with E-state index in [0.717, 1.165) is 24.8 Å². The zero-order valence-corrected chi connectivity index (χ0v) is 15.1. The number of hydrogen-bond donors (Lipinski definition) is 2. The number of nitrogens with two attached hydrogens (primary N) is 1. The van der Waals surface area contributed by atoms with Gasteiger partial charge in [-0.3, -0.25) is 9.59 Å². The summed E-state index contributed by atoms with van der Waals surface area (Å²) in [5, 5.41) is 2.88. The van der Waals surface area contributed by atoms with Crippen molar-refractivity contribution in [3.63, 3.8) is 0 Å². The smallest absolute Gasteiger partial charge is 0.251 e. The number of nitrogen functional groups attached to an aromatic ring is 1. The van der Waals surface area contributed by atoms with Gasteiger partial charge in [-0.05, 0) is 49.6 Å². The van der Waals surface area contributed by atoms with Crippen LogP contribution in [0.1, 0.15) is 47.2 Å². The summed E-state index contributed by atoms with van der Waals surface area (Å²) < 4.78 is 13.0. The SMILES string of the molecule is Cc1ccc(C(=O)NCCCCCC(=O)Cc2ccc(F)cc2N)cc1. The Morgan fingerprint density at radius 2 is 1.77 bits per heavy atom. The Morgan fingerprint density at radius 1 is 1.04 bits per heavy atom. The van der Waals surface area contributed by atoms with Gasteiger partial charge in [-0.2, -0.15) is 0 Å². The van der Waals surface area contributed by atoms with E-state index in [-0.39, 0.29) is 18.1 Å². The summed E-state index contributed by atoms with van der Waals surface area (Å²) in [5.41, 5.74) is 8.48. The van der Waals surface area contributed by atoms with Crippen LogP contribution >= 0.6 is 0 Å². The molecule has 0 aliphatic rings. The third-order valence-electron chi connectivity index (χ3n) is 4.23. The number of unbranched alkanes of at least 4 members (excludes halogenated alkanes) is 2. The molecule has 2 rings (SSSR count). The fraction of sp³-hybridized carbons (Fsp3) is 0.333. The van der Waals surface area contributed by atoms with Crippen LogP contribution in [0.25, 0.3) is 0 Å². The van der Waals surface area contributed by atoms with Crippen LogP contribution in [0.3, 0.4) is 0 Å². The fourth-order valence-electron chi connectivity index (χ4n) is 2.66. The summed E-state index contributed by atoms with van der Waals surface area (Å²) in [6, 6.07) is 11.6. The first-order valence-corrected chi connectivity index (χ1v) is 8.86. The van der Waals surface area contributed by atoms with Crippen molar-refractivity contribution in [2.24, 2.45) is 0 Å². The quantitative estimate of drug-likeness (QED) is 0.530. The lowest BCUT2D eigenvalue weighted by molar-refractivity contribution is -0.118. The summed E-state index contributed by atoms with van der Waals surface area (Å²) in [6.07, 6.45) is 3.14. The van der Waals surface area contributed by atoms with E-state index in [4.69, 9.17) is 5.73 Å². The van der Waals surface area contributed by atoms with E-state index >= 15 is 0 Å².